The summed E-state index contributed by atoms with van der Waals surface area (Å²) in [6.07, 6.45) is 0. The van der Waals surface area contributed by atoms with Crippen molar-refractivity contribution in [2.45, 2.75) is 30.4 Å². The molecule has 1 heterocycles. The number of nitrogens with zero attached hydrogens (tertiary/aromatic N) is 1. The summed E-state index contributed by atoms with van der Waals surface area (Å²) in [7, 11) is 0. The van der Waals surface area contributed by atoms with E-state index in [-0.39, 0.29) is 11.8 Å². The van der Waals surface area contributed by atoms with Crippen molar-refractivity contribution in [2.24, 2.45) is 0 Å². The van der Waals surface area contributed by atoms with Gasteiger partial charge in [-0.3, -0.25) is 4.79 Å². The fraction of sp³-hybridized carbons (Fsp3) is 0.185. The molecule has 1 N–H and O–H groups in total. The number of aryl methyl sites for hydroxylation is 1. The monoisotopic (exact) mass is 442 g/mol. The van der Waals surface area contributed by atoms with Crippen molar-refractivity contribution in [3.05, 3.63) is 108 Å². The van der Waals surface area contributed by atoms with Gasteiger partial charge in [0.05, 0.1) is 5.69 Å². The summed E-state index contributed by atoms with van der Waals surface area (Å²) >= 11 is 1.73. The number of amides is 1. The second kappa shape index (κ2) is 10.3. The van der Waals surface area contributed by atoms with Gasteiger partial charge in [-0.15, -0.1) is 11.8 Å². The lowest BCUT2D eigenvalue weighted by molar-refractivity contribution is 0.0951. The quantitative estimate of drug-likeness (QED) is 0.318. The number of hydrogen-bond acceptors (Lipinski definition) is 4. The molecule has 5 heteroatoms. The van der Waals surface area contributed by atoms with E-state index in [4.69, 9.17) is 4.42 Å². The average molecular weight is 443 g/mol. The number of carbonyl (C=O) groups excluding carboxylic acids is 1. The van der Waals surface area contributed by atoms with E-state index < -0.39 is 0 Å². The second-order valence-corrected chi connectivity index (χ2v) is 8.77. The van der Waals surface area contributed by atoms with Crippen LogP contribution in [-0.2, 0) is 5.75 Å². The molecule has 162 valence electrons. The molecule has 0 radical (unpaired) electrons. The molecule has 0 aliphatic heterocycles. The van der Waals surface area contributed by atoms with Crippen molar-refractivity contribution in [3.8, 4) is 11.5 Å². The van der Waals surface area contributed by atoms with Gasteiger partial charge in [-0.2, -0.15) is 0 Å². The van der Waals surface area contributed by atoms with E-state index in [0.29, 0.717) is 18.0 Å². The summed E-state index contributed by atoms with van der Waals surface area (Å²) in [5.41, 5.74) is 3.63. The lowest BCUT2D eigenvalue weighted by atomic mass is 10.0. The molecule has 0 bridgehead atoms. The number of benzene rings is 3. The minimum Gasteiger partial charge on any atom is -0.441 e. The topological polar surface area (TPSA) is 55.1 Å². The lowest BCUT2D eigenvalue weighted by Crippen LogP contribution is -2.27. The number of oxazole rings is 1. The Morgan fingerprint density at radius 3 is 2.31 bits per heavy atom. The maximum Gasteiger partial charge on any atom is 0.251 e. The van der Waals surface area contributed by atoms with E-state index in [1.54, 1.807) is 11.8 Å². The molecular formula is C27H26N2O2S. The Labute approximate surface area is 193 Å². The van der Waals surface area contributed by atoms with Gasteiger partial charge < -0.3 is 9.73 Å². The van der Waals surface area contributed by atoms with Crippen LogP contribution in [0.4, 0.5) is 0 Å². The highest BCUT2D eigenvalue weighted by molar-refractivity contribution is 7.98. The van der Waals surface area contributed by atoms with Gasteiger partial charge in [0, 0.05) is 28.3 Å². The molecule has 1 atom stereocenters. The molecule has 32 heavy (non-hydrogen) atoms. The minimum atomic E-state index is -0.0807. The highest BCUT2D eigenvalue weighted by atomic mass is 32.2. The predicted octanol–water partition coefficient (Wildman–Crippen LogP) is 6.48. The summed E-state index contributed by atoms with van der Waals surface area (Å²) in [5, 5.41) is 3.02. The number of aromatic nitrogens is 1. The van der Waals surface area contributed by atoms with Gasteiger partial charge in [0.2, 0.25) is 5.89 Å². The zero-order valence-corrected chi connectivity index (χ0v) is 19.1. The fourth-order valence-corrected chi connectivity index (χ4v) is 4.29. The van der Waals surface area contributed by atoms with Crippen molar-refractivity contribution >= 4 is 17.7 Å². The number of hydrogen-bond donors (Lipinski definition) is 1. The Morgan fingerprint density at radius 2 is 1.62 bits per heavy atom. The normalized spacial score (nSPS) is 11.8. The molecule has 3 aromatic carbocycles. The standard InChI is InChI=1S/C27H26N2O2S/c1-19(21-9-5-3-6-10-21)17-28-26(30)22-13-15-23(16-14-22)27-29-25(20(2)31-27)18-32-24-11-7-4-8-12-24/h3-16,19H,17-18H2,1-2H3,(H,28,30)/t19-/m0/s1. The van der Waals surface area contributed by atoms with Crippen LogP contribution in [-0.4, -0.2) is 17.4 Å². The van der Waals surface area contributed by atoms with Crippen LogP contribution in [0.2, 0.25) is 0 Å². The third-order valence-corrected chi connectivity index (χ3v) is 6.37. The summed E-state index contributed by atoms with van der Waals surface area (Å²) in [4.78, 5) is 18.4. The minimum absolute atomic E-state index is 0.0807. The Morgan fingerprint density at radius 1 is 0.969 bits per heavy atom. The largest absolute Gasteiger partial charge is 0.441 e. The van der Waals surface area contributed by atoms with Gasteiger partial charge in [0.15, 0.2) is 0 Å². The van der Waals surface area contributed by atoms with E-state index in [0.717, 1.165) is 22.8 Å². The Hall–Kier alpha value is -3.31. The first kappa shape index (κ1) is 21.9. The van der Waals surface area contributed by atoms with Crippen molar-refractivity contribution in [1.82, 2.24) is 10.3 Å². The first-order chi connectivity index (χ1) is 15.6. The zero-order chi connectivity index (χ0) is 22.3. The van der Waals surface area contributed by atoms with E-state index in [1.807, 2.05) is 67.6 Å². The van der Waals surface area contributed by atoms with Gasteiger partial charge in [-0.25, -0.2) is 4.98 Å². The van der Waals surface area contributed by atoms with E-state index in [2.05, 4.69) is 41.5 Å². The van der Waals surface area contributed by atoms with Crippen molar-refractivity contribution < 1.29 is 9.21 Å². The molecule has 0 spiro atoms. The molecule has 0 aliphatic carbocycles. The second-order valence-electron chi connectivity index (χ2n) is 7.72. The van der Waals surface area contributed by atoms with Gasteiger partial charge >= 0.3 is 0 Å². The van der Waals surface area contributed by atoms with E-state index >= 15 is 0 Å². The lowest BCUT2D eigenvalue weighted by Gasteiger charge is -2.13. The fourth-order valence-electron chi connectivity index (χ4n) is 3.37. The maximum atomic E-state index is 12.6. The molecule has 1 amide bonds. The van der Waals surface area contributed by atoms with Gasteiger partial charge in [-0.1, -0.05) is 55.5 Å². The summed E-state index contributed by atoms with van der Waals surface area (Å²) in [6.45, 7) is 4.64. The predicted molar refractivity (Wildman–Crippen MR) is 130 cm³/mol. The number of nitrogens with one attached hydrogen (secondary N) is 1. The summed E-state index contributed by atoms with van der Waals surface area (Å²) in [6, 6.07) is 27.8. The van der Waals surface area contributed by atoms with Gasteiger partial charge in [0.25, 0.3) is 5.91 Å². The Kier molecular flexibility index (Phi) is 7.07. The maximum absolute atomic E-state index is 12.6. The number of carbonyl (C=O) groups is 1. The van der Waals surface area contributed by atoms with Crippen molar-refractivity contribution in [2.75, 3.05) is 6.54 Å². The summed E-state index contributed by atoms with van der Waals surface area (Å²) in [5.74, 6) is 2.32. The van der Waals surface area contributed by atoms with Crippen LogP contribution in [0.25, 0.3) is 11.5 Å². The van der Waals surface area contributed by atoms with Crippen LogP contribution in [0, 0.1) is 6.92 Å². The van der Waals surface area contributed by atoms with Crippen LogP contribution < -0.4 is 5.32 Å². The number of thioether (sulfide) groups is 1. The highest BCUT2D eigenvalue weighted by Crippen LogP contribution is 2.27. The third-order valence-electron chi connectivity index (χ3n) is 5.34. The summed E-state index contributed by atoms with van der Waals surface area (Å²) < 4.78 is 5.89. The molecule has 4 aromatic rings. The molecule has 0 saturated carbocycles. The van der Waals surface area contributed by atoms with Crippen LogP contribution in [0.1, 0.15) is 40.2 Å². The zero-order valence-electron chi connectivity index (χ0n) is 18.2. The van der Waals surface area contributed by atoms with E-state index in [1.165, 1.54) is 10.5 Å². The molecular weight excluding hydrogens is 416 g/mol. The molecule has 1 aromatic heterocycles. The Bertz CT molecular complexity index is 1160. The molecule has 4 rings (SSSR count). The van der Waals surface area contributed by atoms with Crippen LogP contribution >= 0.6 is 11.8 Å². The van der Waals surface area contributed by atoms with Crippen molar-refractivity contribution in [1.29, 1.82) is 0 Å². The van der Waals surface area contributed by atoms with Gasteiger partial charge in [-0.05, 0) is 54.8 Å². The van der Waals surface area contributed by atoms with E-state index in [9.17, 15) is 4.79 Å². The first-order valence-electron chi connectivity index (χ1n) is 10.7. The average Bonchev–Trinajstić information content (AvgIpc) is 3.22. The molecule has 4 nitrogen and oxygen atoms in total. The smallest absolute Gasteiger partial charge is 0.251 e. The Balaban J connectivity index is 1.36. The highest BCUT2D eigenvalue weighted by Gasteiger charge is 2.14. The van der Waals surface area contributed by atoms with Crippen LogP contribution in [0.5, 0.6) is 0 Å². The van der Waals surface area contributed by atoms with Gasteiger partial charge in [0.1, 0.15) is 5.76 Å². The molecule has 0 unspecified atom stereocenters. The first-order valence-corrected chi connectivity index (χ1v) is 11.7. The van der Waals surface area contributed by atoms with Crippen LogP contribution in [0.3, 0.4) is 0 Å². The molecule has 0 aliphatic rings. The SMILES string of the molecule is Cc1oc(-c2ccc(C(=O)NC[C@H](C)c3ccccc3)cc2)nc1CSc1ccccc1. The number of rotatable bonds is 8. The van der Waals surface area contributed by atoms with Crippen LogP contribution in [0.15, 0.2) is 94.2 Å². The molecule has 0 fully saturated rings. The third kappa shape index (κ3) is 5.48. The van der Waals surface area contributed by atoms with Crippen molar-refractivity contribution in [3.63, 3.8) is 0 Å². The molecule has 0 saturated heterocycles.